The molecule has 0 aliphatic rings. The molecule has 0 saturated heterocycles. The Balaban J connectivity index is 1.72. The lowest BCUT2D eigenvalue weighted by atomic mass is 9.83. The van der Waals surface area contributed by atoms with Crippen molar-refractivity contribution in [1.29, 1.82) is 0 Å². The van der Waals surface area contributed by atoms with Crippen LogP contribution in [0.15, 0.2) is 60.9 Å². The molecule has 0 saturated carbocycles. The van der Waals surface area contributed by atoms with E-state index in [0.29, 0.717) is 47.5 Å². The second-order valence-corrected chi connectivity index (χ2v) is 28.8. The van der Waals surface area contributed by atoms with Gasteiger partial charge >= 0.3 is 6.16 Å². The van der Waals surface area contributed by atoms with Gasteiger partial charge in [-0.25, -0.2) is 24.7 Å². The zero-order valence-electron chi connectivity index (χ0n) is 35.5. The van der Waals surface area contributed by atoms with Crippen LogP contribution in [-0.2, 0) is 32.9 Å². The van der Waals surface area contributed by atoms with E-state index >= 15 is 0 Å². The number of benzene rings is 2. The summed E-state index contributed by atoms with van der Waals surface area (Å²) in [7, 11) is -4.05. The number of carbonyl (C=O) groups is 1. The second kappa shape index (κ2) is 15.8. The zero-order valence-corrected chi connectivity index (χ0v) is 37.5. The first-order valence-corrected chi connectivity index (χ1v) is 24.6. The molecule has 0 amide bonds. The van der Waals surface area contributed by atoms with E-state index in [1.807, 2.05) is 36.4 Å². The van der Waals surface area contributed by atoms with E-state index in [0.717, 1.165) is 22.5 Å². The average molecular weight is 771 g/mol. The maximum absolute atomic E-state index is 13.9. The average Bonchev–Trinajstić information content (AvgIpc) is 3.05. The first-order chi connectivity index (χ1) is 24.7. The summed E-state index contributed by atoms with van der Waals surface area (Å²) in [4.78, 5) is 33.0. The molecule has 0 bridgehead atoms. The van der Waals surface area contributed by atoms with Gasteiger partial charge in [-0.05, 0) is 82.5 Å². The second-order valence-electron chi connectivity index (χ2n) is 19.2. The summed E-state index contributed by atoms with van der Waals surface area (Å²) in [5.74, 6) is 1.48. The summed E-state index contributed by atoms with van der Waals surface area (Å²) in [6.45, 7) is 35.5. The number of ether oxygens (including phenoxy) is 2. The van der Waals surface area contributed by atoms with Gasteiger partial charge in [0, 0.05) is 12.4 Å². The van der Waals surface area contributed by atoms with E-state index in [9.17, 15) is 4.79 Å². The smallest absolute Gasteiger partial charge is 0.411 e. The Kier molecular flexibility index (Phi) is 12.5. The molecule has 4 rings (SSSR count). The van der Waals surface area contributed by atoms with Gasteiger partial charge in [-0.2, -0.15) is 0 Å². The van der Waals surface area contributed by atoms with E-state index in [-0.39, 0.29) is 20.9 Å². The molecule has 0 aliphatic heterocycles. The van der Waals surface area contributed by atoms with E-state index in [1.165, 1.54) is 0 Å². The predicted molar refractivity (Wildman–Crippen MR) is 223 cm³/mol. The van der Waals surface area contributed by atoms with Gasteiger partial charge in [0.2, 0.25) is 0 Å². The van der Waals surface area contributed by atoms with Crippen LogP contribution in [0.1, 0.15) is 106 Å². The molecule has 0 unspecified atom stereocenters. The molecule has 0 fully saturated rings. The lowest BCUT2D eigenvalue weighted by Crippen LogP contribution is -2.40. The molecule has 4 aromatic rings. The molecular formula is C43H62N4O5Si2. The fourth-order valence-electron chi connectivity index (χ4n) is 5.28. The monoisotopic (exact) mass is 770 g/mol. The lowest BCUT2D eigenvalue weighted by Gasteiger charge is -2.36. The minimum atomic E-state index is -2.02. The first kappa shape index (κ1) is 43.0. The maximum atomic E-state index is 13.9. The van der Waals surface area contributed by atoms with Crippen molar-refractivity contribution in [1.82, 2.24) is 19.9 Å². The molecule has 292 valence electrons. The number of nitrogens with zero attached hydrogens (tertiary/aromatic N) is 4. The molecule has 9 nitrogen and oxygen atoms in total. The van der Waals surface area contributed by atoms with Crippen LogP contribution in [0.4, 0.5) is 4.79 Å². The number of carbonyl (C=O) groups excluding carboxylic acids is 1. The van der Waals surface area contributed by atoms with Crippen LogP contribution in [-0.4, -0.2) is 42.7 Å². The lowest BCUT2D eigenvalue weighted by molar-refractivity contribution is 0.152. The van der Waals surface area contributed by atoms with Gasteiger partial charge < -0.3 is 18.3 Å². The molecular weight excluding hydrogens is 709 g/mol. The standard InChI is InChI=1S/C43H62N4O5Si2/c1-40(2,3)31-19-17-21-33(35(31)37-44-25-23-29(46-37)27-49-53(13,14)42(7,8)9)51-39(48)52-34-22-18-20-32(41(4,5)6)36(34)38-45-26-24-30(47-38)28-50-54(15,16)43(10,11)12/h17-26H,27-28H2,1-16H3. The summed E-state index contributed by atoms with van der Waals surface area (Å²) < 4.78 is 25.1. The Bertz CT molecular complexity index is 1810. The van der Waals surface area contributed by atoms with Crippen LogP contribution >= 0.6 is 0 Å². The molecule has 11 heteroatoms. The SMILES string of the molecule is CC(C)(C)c1cccc(OC(=O)Oc2cccc(C(C)(C)C)c2-c2nccc(CO[Si](C)(C)C(C)(C)C)n2)c1-c1nccc(CO[Si](C)(C)C(C)(C)C)n1. The highest BCUT2D eigenvalue weighted by molar-refractivity contribution is 6.74. The van der Waals surface area contributed by atoms with Crippen LogP contribution in [0.3, 0.4) is 0 Å². The van der Waals surface area contributed by atoms with Crippen molar-refractivity contribution in [2.45, 2.75) is 143 Å². The Morgan fingerprint density at radius 2 is 0.907 bits per heavy atom. The van der Waals surface area contributed by atoms with Gasteiger partial charge in [-0.15, -0.1) is 0 Å². The van der Waals surface area contributed by atoms with Crippen LogP contribution in [0, 0.1) is 0 Å². The Hall–Kier alpha value is -3.78. The largest absolute Gasteiger partial charge is 0.519 e. The Morgan fingerprint density at radius 1 is 0.556 bits per heavy atom. The minimum absolute atomic E-state index is 0.0589. The predicted octanol–water partition coefficient (Wildman–Crippen LogP) is 11.8. The highest BCUT2D eigenvalue weighted by Crippen LogP contribution is 2.42. The number of aromatic nitrogens is 4. The van der Waals surface area contributed by atoms with Crippen molar-refractivity contribution in [2.24, 2.45) is 0 Å². The van der Waals surface area contributed by atoms with Crippen molar-refractivity contribution in [3.63, 3.8) is 0 Å². The van der Waals surface area contributed by atoms with Gasteiger partial charge in [-0.1, -0.05) is 107 Å². The third-order valence-corrected chi connectivity index (χ3v) is 19.7. The first-order valence-electron chi connectivity index (χ1n) is 18.8. The molecule has 2 aromatic carbocycles. The van der Waals surface area contributed by atoms with Gasteiger partial charge in [-0.3, -0.25) is 0 Å². The Labute approximate surface area is 325 Å². The van der Waals surface area contributed by atoms with Crippen LogP contribution in [0.25, 0.3) is 22.8 Å². The third-order valence-electron chi connectivity index (χ3n) is 10.7. The molecule has 0 N–H and O–H groups in total. The minimum Gasteiger partial charge on any atom is -0.411 e. The van der Waals surface area contributed by atoms with Crippen molar-refractivity contribution < 1.29 is 23.1 Å². The summed E-state index contributed by atoms with van der Waals surface area (Å²) in [5, 5.41) is 0.118. The maximum Gasteiger partial charge on any atom is 0.519 e. The number of hydrogen-bond acceptors (Lipinski definition) is 9. The topological polar surface area (TPSA) is 106 Å². The molecule has 0 radical (unpaired) electrons. The van der Waals surface area contributed by atoms with E-state index < -0.39 is 22.8 Å². The molecule has 54 heavy (non-hydrogen) atoms. The van der Waals surface area contributed by atoms with Gasteiger partial charge in [0.1, 0.15) is 11.5 Å². The van der Waals surface area contributed by atoms with E-state index in [2.05, 4.69) is 119 Å². The third kappa shape index (κ3) is 10.3. The van der Waals surface area contributed by atoms with Gasteiger partial charge in [0.25, 0.3) is 0 Å². The van der Waals surface area contributed by atoms with Crippen LogP contribution < -0.4 is 9.47 Å². The molecule has 2 heterocycles. The Morgan fingerprint density at radius 3 is 1.22 bits per heavy atom. The molecule has 0 aliphatic carbocycles. The van der Waals surface area contributed by atoms with Crippen molar-refractivity contribution in [2.75, 3.05) is 0 Å². The van der Waals surface area contributed by atoms with Crippen molar-refractivity contribution in [3.05, 3.63) is 83.4 Å². The summed E-state index contributed by atoms with van der Waals surface area (Å²) in [6.07, 6.45) is 2.55. The van der Waals surface area contributed by atoms with Gasteiger partial charge in [0.15, 0.2) is 28.3 Å². The number of hydrogen-bond donors (Lipinski definition) is 0. The molecule has 0 atom stereocenters. The summed E-state index contributed by atoms with van der Waals surface area (Å²) in [5.41, 5.74) is 3.97. The van der Waals surface area contributed by atoms with E-state index in [4.69, 9.17) is 28.3 Å². The van der Waals surface area contributed by atoms with E-state index in [1.54, 1.807) is 24.5 Å². The summed E-state index contributed by atoms with van der Waals surface area (Å²) in [6, 6.07) is 15.0. The zero-order chi connectivity index (χ0) is 40.5. The quantitative estimate of drug-likeness (QED) is 0.0885. The van der Waals surface area contributed by atoms with Crippen molar-refractivity contribution >= 4 is 22.8 Å². The molecule has 0 spiro atoms. The highest BCUT2D eigenvalue weighted by atomic mass is 28.4. The van der Waals surface area contributed by atoms with Crippen LogP contribution in [0.5, 0.6) is 11.5 Å². The normalized spacial score (nSPS) is 13.2. The van der Waals surface area contributed by atoms with Crippen LogP contribution in [0.2, 0.25) is 36.3 Å². The van der Waals surface area contributed by atoms with Crippen molar-refractivity contribution in [3.8, 4) is 34.3 Å². The summed E-state index contributed by atoms with van der Waals surface area (Å²) >= 11 is 0. The van der Waals surface area contributed by atoms with Gasteiger partial charge in [0.05, 0.1) is 35.7 Å². The fraction of sp³-hybridized carbons (Fsp3) is 0.512. The highest BCUT2D eigenvalue weighted by Gasteiger charge is 2.38. The molecule has 2 aromatic heterocycles. The fourth-order valence-corrected chi connectivity index (χ4v) is 7.16. The number of rotatable bonds is 10.